The lowest BCUT2D eigenvalue weighted by Gasteiger charge is -2.24. The average molecular weight is 323 g/mol. The largest absolute Gasteiger partial charge is 0.371 e. The van der Waals surface area contributed by atoms with Gasteiger partial charge in [-0.3, -0.25) is 9.78 Å². The minimum absolute atomic E-state index is 0.106. The Morgan fingerprint density at radius 1 is 1.17 bits per heavy atom. The fourth-order valence-electron chi connectivity index (χ4n) is 3.21. The molecule has 0 atom stereocenters. The van der Waals surface area contributed by atoms with Gasteiger partial charge in [-0.1, -0.05) is 11.6 Å². The first-order valence-electron chi connectivity index (χ1n) is 8.65. The van der Waals surface area contributed by atoms with Crippen molar-refractivity contribution in [1.82, 2.24) is 9.88 Å². The molecular weight excluding hydrogens is 298 g/mol. The lowest BCUT2D eigenvalue weighted by molar-refractivity contribution is 0.0797. The summed E-state index contributed by atoms with van der Waals surface area (Å²) < 4.78 is 0. The molecule has 0 unspecified atom stereocenters. The van der Waals surface area contributed by atoms with Gasteiger partial charge in [-0.15, -0.1) is 0 Å². The Morgan fingerprint density at radius 2 is 1.88 bits per heavy atom. The number of likely N-dealkylation sites (N-methyl/N-ethyl adjacent to an activating group) is 1. The van der Waals surface area contributed by atoms with Gasteiger partial charge in [-0.05, 0) is 56.0 Å². The second-order valence-electron chi connectivity index (χ2n) is 6.55. The van der Waals surface area contributed by atoms with Crippen LogP contribution in [0.15, 0.2) is 42.7 Å². The van der Waals surface area contributed by atoms with E-state index >= 15 is 0 Å². The highest BCUT2D eigenvalue weighted by Gasteiger charge is 2.21. The number of aromatic nitrogens is 1. The third kappa shape index (κ3) is 3.75. The Balaban J connectivity index is 1.74. The minimum Gasteiger partial charge on any atom is -0.371 e. The zero-order chi connectivity index (χ0) is 16.9. The Kier molecular flexibility index (Phi) is 5.14. The van der Waals surface area contributed by atoms with Crippen molar-refractivity contribution in [3.63, 3.8) is 0 Å². The molecule has 4 heteroatoms. The van der Waals surface area contributed by atoms with E-state index in [2.05, 4.69) is 22.0 Å². The number of hydrogen-bond acceptors (Lipinski definition) is 3. The number of hydrogen-bond donors (Lipinski definition) is 0. The summed E-state index contributed by atoms with van der Waals surface area (Å²) in [6.07, 6.45) is 6.85. The zero-order valence-corrected chi connectivity index (χ0v) is 14.5. The highest BCUT2D eigenvalue weighted by Crippen LogP contribution is 2.26. The summed E-state index contributed by atoms with van der Waals surface area (Å²) in [6, 6.07) is 10.2. The van der Waals surface area contributed by atoms with Crippen LogP contribution in [-0.2, 0) is 6.42 Å². The van der Waals surface area contributed by atoms with E-state index in [1.54, 1.807) is 12.4 Å². The third-order valence-corrected chi connectivity index (χ3v) is 4.66. The van der Waals surface area contributed by atoms with E-state index in [0.717, 1.165) is 36.3 Å². The molecule has 1 aromatic heterocycles. The fraction of sp³-hybridized carbons (Fsp3) is 0.400. The van der Waals surface area contributed by atoms with Gasteiger partial charge in [-0.25, -0.2) is 0 Å². The van der Waals surface area contributed by atoms with E-state index < -0.39 is 0 Å². The highest BCUT2D eigenvalue weighted by molar-refractivity contribution is 6.00. The number of carbonyl (C=O) groups excluding carboxylic acids is 1. The first-order valence-corrected chi connectivity index (χ1v) is 8.65. The molecule has 1 saturated heterocycles. The van der Waals surface area contributed by atoms with Crippen LogP contribution in [0.2, 0.25) is 0 Å². The van der Waals surface area contributed by atoms with Crippen molar-refractivity contribution in [2.75, 3.05) is 31.6 Å². The number of carbonyl (C=O) groups is 1. The van der Waals surface area contributed by atoms with Crippen LogP contribution in [0.25, 0.3) is 0 Å². The summed E-state index contributed by atoms with van der Waals surface area (Å²) >= 11 is 0. The number of anilines is 1. The minimum atomic E-state index is 0.106. The van der Waals surface area contributed by atoms with Gasteiger partial charge in [0.15, 0.2) is 0 Å². The molecule has 0 spiro atoms. The molecule has 1 amide bonds. The molecule has 1 aliphatic heterocycles. The quantitative estimate of drug-likeness (QED) is 0.847. The number of benzene rings is 1. The van der Waals surface area contributed by atoms with Crippen molar-refractivity contribution in [2.45, 2.75) is 26.2 Å². The number of rotatable bonds is 5. The first-order chi connectivity index (χ1) is 11.6. The molecule has 0 bridgehead atoms. The SMILES string of the molecule is Cc1ccc(N2CCCC2)c(C(=O)N(C)CCc2ccncc2)c1. The second kappa shape index (κ2) is 7.47. The number of nitrogens with zero attached hydrogens (tertiary/aromatic N) is 3. The number of aryl methyl sites for hydroxylation is 1. The van der Waals surface area contributed by atoms with Crippen molar-refractivity contribution in [1.29, 1.82) is 0 Å². The summed E-state index contributed by atoms with van der Waals surface area (Å²) in [5.74, 6) is 0.106. The van der Waals surface area contributed by atoms with Crippen LogP contribution in [-0.4, -0.2) is 42.5 Å². The van der Waals surface area contributed by atoms with E-state index in [1.807, 2.05) is 37.1 Å². The fourth-order valence-corrected chi connectivity index (χ4v) is 3.21. The molecule has 1 aromatic carbocycles. The molecule has 3 rings (SSSR count). The molecule has 0 N–H and O–H groups in total. The average Bonchev–Trinajstić information content (AvgIpc) is 3.14. The van der Waals surface area contributed by atoms with Crippen molar-refractivity contribution >= 4 is 11.6 Å². The van der Waals surface area contributed by atoms with Gasteiger partial charge < -0.3 is 9.80 Å². The van der Waals surface area contributed by atoms with Gasteiger partial charge >= 0.3 is 0 Å². The molecule has 1 fully saturated rings. The van der Waals surface area contributed by atoms with Crippen LogP contribution in [0.4, 0.5) is 5.69 Å². The predicted molar refractivity (Wildman–Crippen MR) is 97.5 cm³/mol. The summed E-state index contributed by atoms with van der Waals surface area (Å²) in [7, 11) is 1.89. The molecule has 4 nitrogen and oxygen atoms in total. The number of amides is 1. The lowest BCUT2D eigenvalue weighted by Crippen LogP contribution is -2.31. The van der Waals surface area contributed by atoms with Crippen LogP contribution in [0.1, 0.15) is 34.3 Å². The van der Waals surface area contributed by atoms with E-state index in [4.69, 9.17) is 0 Å². The first kappa shape index (κ1) is 16.5. The third-order valence-electron chi connectivity index (χ3n) is 4.66. The van der Waals surface area contributed by atoms with Crippen LogP contribution >= 0.6 is 0 Å². The zero-order valence-electron chi connectivity index (χ0n) is 14.5. The monoisotopic (exact) mass is 323 g/mol. The van der Waals surface area contributed by atoms with Crippen LogP contribution < -0.4 is 4.90 Å². The summed E-state index contributed by atoms with van der Waals surface area (Å²) in [4.78, 5) is 21.2. The van der Waals surface area contributed by atoms with E-state index in [1.165, 1.54) is 18.4 Å². The van der Waals surface area contributed by atoms with Gasteiger partial charge in [0.2, 0.25) is 0 Å². The lowest BCUT2D eigenvalue weighted by atomic mass is 10.1. The topological polar surface area (TPSA) is 36.4 Å². The van der Waals surface area contributed by atoms with E-state index in [0.29, 0.717) is 6.54 Å². The molecule has 2 heterocycles. The maximum absolute atomic E-state index is 13.0. The van der Waals surface area contributed by atoms with E-state index in [-0.39, 0.29) is 5.91 Å². The van der Waals surface area contributed by atoms with Crippen molar-refractivity contribution in [3.8, 4) is 0 Å². The van der Waals surface area contributed by atoms with Crippen LogP contribution in [0, 0.1) is 6.92 Å². The summed E-state index contributed by atoms with van der Waals surface area (Å²) in [5, 5.41) is 0. The maximum atomic E-state index is 13.0. The maximum Gasteiger partial charge on any atom is 0.255 e. The van der Waals surface area contributed by atoms with E-state index in [9.17, 15) is 4.79 Å². The standard InChI is InChI=1S/C20H25N3O/c1-16-5-6-19(23-12-3-4-13-23)18(15-16)20(24)22(2)14-9-17-7-10-21-11-8-17/h5-8,10-11,15H,3-4,9,12-14H2,1-2H3. The molecule has 0 aliphatic carbocycles. The smallest absolute Gasteiger partial charge is 0.255 e. The molecule has 126 valence electrons. The molecule has 0 radical (unpaired) electrons. The van der Waals surface area contributed by atoms with Crippen molar-refractivity contribution in [2.24, 2.45) is 0 Å². The second-order valence-corrected chi connectivity index (χ2v) is 6.55. The van der Waals surface area contributed by atoms with Crippen molar-refractivity contribution in [3.05, 3.63) is 59.4 Å². The van der Waals surface area contributed by atoms with Crippen LogP contribution in [0.5, 0.6) is 0 Å². The molecule has 2 aromatic rings. The predicted octanol–water partition coefficient (Wildman–Crippen LogP) is 3.30. The molecule has 0 saturated carbocycles. The Morgan fingerprint density at radius 3 is 2.58 bits per heavy atom. The van der Waals surface area contributed by atoms with Gasteiger partial charge in [0.1, 0.15) is 0 Å². The summed E-state index contributed by atoms with van der Waals surface area (Å²) in [5.41, 5.74) is 4.24. The Labute approximate surface area is 144 Å². The molecule has 24 heavy (non-hydrogen) atoms. The van der Waals surface area contributed by atoms with Gasteiger partial charge in [0, 0.05) is 44.8 Å². The van der Waals surface area contributed by atoms with Crippen LogP contribution in [0.3, 0.4) is 0 Å². The number of pyridine rings is 1. The summed E-state index contributed by atoms with van der Waals surface area (Å²) in [6.45, 7) is 4.84. The van der Waals surface area contributed by atoms with Gasteiger partial charge in [-0.2, -0.15) is 0 Å². The normalized spacial score (nSPS) is 14.0. The van der Waals surface area contributed by atoms with Crippen molar-refractivity contribution < 1.29 is 4.79 Å². The Bertz CT molecular complexity index is 693. The molecular formula is C20H25N3O. The molecule has 1 aliphatic rings. The van der Waals surface area contributed by atoms with Gasteiger partial charge in [0.25, 0.3) is 5.91 Å². The van der Waals surface area contributed by atoms with Gasteiger partial charge in [0.05, 0.1) is 5.56 Å². The highest BCUT2D eigenvalue weighted by atomic mass is 16.2. The Hall–Kier alpha value is -2.36.